The molecule has 0 radical (unpaired) electrons. The van der Waals surface area contributed by atoms with Crippen LogP contribution in [0.4, 0.5) is 0 Å². The predicted molar refractivity (Wildman–Crippen MR) is 92.9 cm³/mol. The number of aryl methyl sites for hydroxylation is 1. The van der Waals surface area contributed by atoms with E-state index in [1.807, 2.05) is 19.1 Å². The molecule has 3 rings (SSSR count). The van der Waals surface area contributed by atoms with Gasteiger partial charge in [0, 0.05) is 25.7 Å². The fourth-order valence-electron chi connectivity index (χ4n) is 3.86. The number of sulfonamides is 1. The van der Waals surface area contributed by atoms with Gasteiger partial charge in [0.25, 0.3) is 0 Å². The normalized spacial score (nSPS) is 25.6. The molecule has 0 bridgehead atoms. The average molecular weight is 337 g/mol. The highest BCUT2D eigenvalue weighted by atomic mass is 32.2. The molecule has 0 aromatic heterocycles. The number of hydrogen-bond acceptors (Lipinski definition) is 3. The Labute approximate surface area is 140 Å². The lowest BCUT2D eigenvalue weighted by Gasteiger charge is -2.41. The zero-order valence-corrected chi connectivity index (χ0v) is 15.1. The molecule has 0 amide bonds. The first-order chi connectivity index (χ1) is 11.0. The molecule has 1 unspecified atom stereocenters. The minimum atomic E-state index is -3.33. The molecule has 23 heavy (non-hydrogen) atoms. The van der Waals surface area contributed by atoms with Crippen LogP contribution in [0.15, 0.2) is 29.2 Å². The van der Waals surface area contributed by atoms with Crippen LogP contribution < -0.4 is 0 Å². The van der Waals surface area contributed by atoms with Crippen molar-refractivity contribution in [3.05, 3.63) is 29.8 Å². The third-order valence-electron chi connectivity index (χ3n) is 5.29. The molecule has 0 saturated carbocycles. The molecule has 1 aromatic rings. The topological polar surface area (TPSA) is 40.6 Å². The Bertz CT molecular complexity index is 619. The Morgan fingerprint density at radius 3 is 2.26 bits per heavy atom. The minimum absolute atomic E-state index is 0.424. The van der Waals surface area contributed by atoms with Gasteiger partial charge in [0.1, 0.15) is 0 Å². The smallest absolute Gasteiger partial charge is 0.243 e. The van der Waals surface area contributed by atoms with E-state index in [1.54, 1.807) is 16.4 Å². The molecule has 1 aromatic carbocycles. The van der Waals surface area contributed by atoms with E-state index in [-0.39, 0.29) is 0 Å². The predicted octanol–water partition coefficient (Wildman–Crippen LogP) is 2.88. The van der Waals surface area contributed by atoms with Gasteiger partial charge in [-0.1, -0.05) is 24.6 Å². The number of likely N-dealkylation sites (tertiary alicyclic amines) is 1. The summed E-state index contributed by atoms with van der Waals surface area (Å²) in [5.74, 6) is 0.776. The first-order valence-electron chi connectivity index (χ1n) is 8.77. The van der Waals surface area contributed by atoms with E-state index < -0.39 is 10.0 Å². The van der Waals surface area contributed by atoms with Crippen LogP contribution in [0.1, 0.15) is 38.2 Å². The molecule has 128 valence electrons. The Kier molecular flexibility index (Phi) is 5.09. The van der Waals surface area contributed by atoms with Crippen molar-refractivity contribution in [3.63, 3.8) is 0 Å². The molecule has 2 saturated heterocycles. The summed E-state index contributed by atoms with van der Waals surface area (Å²) in [6.45, 7) is 7.94. The zero-order chi connectivity index (χ0) is 16.4. The van der Waals surface area contributed by atoms with Gasteiger partial charge in [-0.2, -0.15) is 4.31 Å². The summed E-state index contributed by atoms with van der Waals surface area (Å²) in [6, 6.07) is 7.75. The molecule has 2 aliphatic rings. The van der Waals surface area contributed by atoms with Gasteiger partial charge in [0.05, 0.1) is 4.90 Å². The molecular weight excluding hydrogens is 308 g/mol. The summed E-state index contributed by atoms with van der Waals surface area (Å²) < 4.78 is 27.2. The van der Waals surface area contributed by atoms with Crippen LogP contribution in [-0.4, -0.2) is 49.8 Å². The van der Waals surface area contributed by atoms with Crippen molar-refractivity contribution in [2.75, 3.05) is 26.2 Å². The lowest BCUT2D eigenvalue weighted by Crippen LogP contribution is -2.49. The second-order valence-corrected chi connectivity index (χ2v) is 9.13. The van der Waals surface area contributed by atoms with Gasteiger partial charge in [0.15, 0.2) is 0 Å². The van der Waals surface area contributed by atoms with Crippen LogP contribution in [0.5, 0.6) is 0 Å². The van der Waals surface area contributed by atoms with Crippen molar-refractivity contribution in [1.29, 1.82) is 0 Å². The number of benzene rings is 1. The molecule has 2 heterocycles. The van der Waals surface area contributed by atoms with Crippen molar-refractivity contribution in [3.8, 4) is 0 Å². The van der Waals surface area contributed by atoms with Gasteiger partial charge < -0.3 is 4.90 Å². The van der Waals surface area contributed by atoms with Crippen LogP contribution >= 0.6 is 0 Å². The molecule has 2 aliphatic heterocycles. The number of rotatable bonds is 3. The summed E-state index contributed by atoms with van der Waals surface area (Å²) in [4.78, 5) is 3.01. The molecule has 4 nitrogen and oxygen atoms in total. The average Bonchev–Trinajstić information content (AvgIpc) is 2.55. The van der Waals surface area contributed by atoms with Crippen molar-refractivity contribution in [2.24, 2.45) is 5.92 Å². The number of nitrogens with zero attached hydrogens (tertiary/aromatic N) is 2. The van der Waals surface area contributed by atoms with Crippen molar-refractivity contribution in [2.45, 2.75) is 50.5 Å². The van der Waals surface area contributed by atoms with E-state index in [0.717, 1.165) is 24.3 Å². The second-order valence-electron chi connectivity index (χ2n) is 7.19. The quantitative estimate of drug-likeness (QED) is 0.852. The van der Waals surface area contributed by atoms with Crippen molar-refractivity contribution in [1.82, 2.24) is 9.21 Å². The van der Waals surface area contributed by atoms with Crippen molar-refractivity contribution < 1.29 is 8.42 Å². The maximum Gasteiger partial charge on any atom is 0.243 e. The Balaban J connectivity index is 1.63. The van der Waals surface area contributed by atoms with E-state index >= 15 is 0 Å². The summed E-state index contributed by atoms with van der Waals surface area (Å²) in [7, 11) is -3.33. The summed E-state index contributed by atoms with van der Waals surface area (Å²) in [5.41, 5.74) is 1.09. The fourth-order valence-corrected chi connectivity index (χ4v) is 5.33. The molecular formula is C18H28N2O2S. The van der Waals surface area contributed by atoms with Gasteiger partial charge in [-0.15, -0.1) is 0 Å². The Morgan fingerprint density at radius 2 is 1.65 bits per heavy atom. The SMILES string of the molecule is Cc1ccc(S(=O)(=O)N2CCC(N3CCCC(C)C3)CC2)cc1. The summed E-state index contributed by atoms with van der Waals surface area (Å²) in [5, 5.41) is 0. The van der Waals surface area contributed by atoms with Crippen molar-refractivity contribution >= 4 is 10.0 Å². The maximum absolute atomic E-state index is 12.7. The molecule has 0 aliphatic carbocycles. The molecule has 1 atom stereocenters. The highest BCUT2D eigenvalue weighted by molar-refractivity contribution is 7.89. The minimum Gasteiger partial charge on any atom is -0.300 e. The molecule has 0 N–H and O–H groups in total. The van der Waals surface area contributed by atoms with E-state index in [4.69, 9.17) is 0 Å². The molecule has 2 fully saturated rings. The largest absolute Gasteiger partial charge is 0.300 e. The molecule has 0 spiro atoms. The van der Waals surface area contributed by atoms with Crippen LogP contribution in [-0.2, 0) is 10.0 Å². The standard InChI is InChI=1S/C18H28N2O2S/c1-15-5-7-18(8-6-15)23(21,22)20-12-9-17(10-13-20)19-11-3-4-16(2)14-19/h5-8,16-17H,3-4,9-14H2,1-2H3. The van der Waals surface area contributed by atoms with Gasteiger partial charge in [-0.3, -0.25) is 0 Å². The first-order valence-corrected chi connectivity index (χ1v) is 10.2. The van der Waals surface area contributed by atoms with Crippen LogP contribution in [0.3, 0.4) is 0 Å². The van der Waals surface area contributed by atoms with Crippen LogP contribution in [0.25, 0.3) is 0 Å². The van der Waals surface area contributed by atoms with Gasteiger partial charge >= 0.3 is 0 Å². The second kappa shape index (κ2) is 6.91. The molecule has 5 heteroatoms. The highest BCUT2D eigenvalue weighted by Gasteiger charge is 2.32. The van der Waals surface area contributed by atoms with Gasteiger partial charge in [-0.25, -0.2) is 8.42 Å². The fraction of sp³-hybridized carbons (Fsp3) is 0.667. The number of piperidine rings is 2. The van der Waals surface area contributed by atoms with E-state index in [0.29, 0.717) is 24.0 Å². The zero-order valence-electron chi connectivity index (χ0n) is 14.2. The third-order valence-corrected chi connectivity index (χ3v) is 7.20. The van der Waals surface area contributed by atoms with Gasteiger partial charge in [0.2, 0.25) is 10.0 Å². The maximum atomic E-state index is 12.7. The lowest BCUT2D eigenvalue weighted by molar-refractivity contribution is 0.0944. The van der Waals surface area contributed by atoms with Crippen LogP contribution in [0.2, 0.25) is 0 Å². The van der Waals surface area contributed by atoms with Gasteiger partial charge in [-0.05, 0) is 57.2 Å². The third kappa shape index (κ3) is 3.78. The number of hydrogen-bond donors (Lipinski definition) is 0. The summed E-state index contributed by atoms with van der Waals surface area (Å²) in [6.07, 6.45) is 4.52. The highest BCUT2D eigenvalue weighted by Crippen LogP contribution is 2.26. The van der Waals surface area contributed by atoms with E-state index in [9.17, 15) is 8.42 Å². The summed E-state index contributed by atoms with van der Waals surface area (Å²) >= 11 is 0. The van der Waals surface area contributed by atoms with Crippen LogP contribution in [0, 0.1) is 12.8 Å². The van der Waals surface area contributed by atoms with E-state index in [2.05, 4.69) is 11.8 Å². The van der Waals surface area contributed by atoms with E-state index in [1.165, 1.54) is 25.9 Å². The Morgan fingerprint density at radius 1 is 1.00 bits per heavy atom. The monoisotopic (exact) mass is 336 g/mol. The lowest BCUT2D eigenvalue weighted by atomic mass is 9.96. The Hall–Kier alpha value is -0.910. The first kappa shape index (κ1) is 16.9.